The zero-order valence-electron chi connectivity index (χ0n) is 13.4. The quantitative estimate of drug-likeness (QED) is 0.778. The third kappa shape index (κ3) is 3.70. The van der Waals surface area contributed by atoms with Crippen LogP contribution in [-0.4, -0.2) is 18.6 Å². The Morgan fingerprint density at radius 2 is 1.96 bits per heavy atom. The summed E-state index contributed by atoms with van der Waals surface area (Å²) in [6.07, 6.45) is 0.617. The van der Waals surface area contributed by atoms with Gasteiger partial charge in [0.1, 0.15) is 11.8 Å². The highest BCUT2D eigenvalue weighted by atomic mass is 35.5. The Bertz CT molecular complexity index is 723. The zero-order chi connectivity index (χ0) is 16.9. The molecule has 0 saturated carbocycles. The van der Waals surface area contributed by atoms with Crippen molar-refractivity contribution in [1.29, 1.82) is 0 Å². The number of hydrogen-bond acceptors (Lipinski definition) is 4. The molecule has 0 bridgehead atoms. The Kier molecular flexibility index (Phi) is 5.35. The first kappa shape index (κ1) is 16.8. The van der Waals surface area contributed by atoms with E-state index in [4.69, 9.17) is 16.3 Å². The molecule has 3 rings (SSSR count). The maximum Gasteiger partial charge on any atom is 0.243 e. The summed E-state index contributed by atoms with van der Waals surface area (Å²) in [6.45, 7) is 2.46. The Hall–Kier alpha value is -2.08. The van der Waals surface area contributed by atoms with Crippen LogP contribution < -0.4 is 20.9 Å². The lowest BCUT2D eigenvalue weighted by Gasteiger charge is -2.14. The van der Waals surface area contributed by atoms with Crippen LogP contribution in [0.4, 0.5) is 5.69 Å². The second-order valence-electron chi connectivity index (χ2n) is 5.57. The van der Waals surface area contributed by atoms with E-state index in [0.29, 0.717) is 29.5 Å². The molecule has 1 amide bonds. The first-order valence-electron chi connectivity index (χ1n) is 7.97. The summed E-state index contributed by atoms with van der Waals surface area (Å²) >= 11 is 6.23. The summed E-state index contributed by atoms with van der Waals surface area (Å²) in [5.74, 6) is 0.561. The summed E-state index contributed by atoms with van der Waals surface area (Å²) in [5.41, 5.74) is 7.84. The van der Waals surface area contributed by atoms with Gasteiger partial charge >= 0.3 is 0 Å². The molecule has 2 atom stereocenters. The van der Waals surface area contributed by atoms with E-state index in [1.54, 1.807) is 0 Å². The fourth-order valence-electron chi connectivity index (χ4n) is 2.76. The minimum Gasteiger partial charge on any atom is -0.492 e. The van der Waals surface area contributed by atoms with E-state index in [1.807, 2.05) is 55.5 Å². The monoisotopic (exact) mass is 345 g/mol. The molecule has 5 nitrogen and oxygen atoms in total. The normalized spacial score (nSPS) is 19.9. The summed E-state index contributed by atoms with van der Waals surface area (Å²) in [5, 5.41) is 3.62. The van der Waals surface area contributed by atoms with E-state index in [9.17, 15) is 4.79 Å². The summed E-state index contributed by atoms with van der Waals surface area (Å²) < 4.78 is 5.54. The van der Waals surface area contributed by atoms with E-state index in [1.165, 1.54) is 0 Å². The van der Waals surface area contributed by atoms with Gasteiger partial charge in [-0.05, 0) is 37.1 Å². The number of hydrogen-bond donors (Lipinski definition) is 3. The van der Waals surface area contributed by atoms with Crippen LogP contribution >= 0.6 is 11.6 Å². The molecule has 0 aromatic heterocycles. The van der Waals surface area contributed by atoms with Crippen molar-refractivity contribution < 1.29 is 9.53 Å². The van der Waals surface area contributed by atoms with Crippen LogP contribution in [0.15, 0.2) is 48.5 Å². The standard InChI is InChI=1S/C18H20ClN3O2/c1-2-24-17-10-6-5-9-14(17)20-18(23)16-11-15(21-22-16)12-7-3-4-8-13(12)19/h3-10,15-16,21-22H,2,11H2,1H3,(H,20,23). The van der Waals surface area contributed by atoms with Gasteiger partial charge in [0.25, 0.3) is 0 Å². The first-order chi connectivity index (χ1) is 11.7. The predicted molar refractivity (Wildman–Crippen MR) is 95.1 cm³/mol. The number of anilines is 1. The second-order valence-corrected chi connectivity index (χ2v) is 5.98. The number of ether oxygens (including phenoxy) is 1. The Morgan fingerprint density at radius 3 is 2.75 bits per heavy atom. The number of benzene rings is 2. The van der Waals surface area contributed by atoms with Crippen molar-refractivity contribution >= 4 is 23.2 Å². The predicted octanol–water partition coefficient (Wildman–Crippen LogP) is 3.29. The number of nitrogens with one attached hydrogen (secondary N) is 3. The average molecular weight is 346 g/mol. The number of amides is 1. The topological polar surface area (TPSA) is 62.4 Å². The lowest BCUT2D eigenvalue weighted by Crippen LogP contribution is -2.39. The Morgan fingerprint density at radius 1 is 1.21 bits per heavy atom. The summed E-state index contributed by atoms with van der Waals surface area (Å²) in [4.78, 5) is 12.5. The van der Waals surface area contributed by atoms with Crippen molar-refractivity contribution in [1.82, 2.24) is 10.9 Å². The maximum atomic E-state index is 12.5. The van der Waals surface area contributed by atoms with Crippen LogP contribution in [0, 0.1) is 0 Å². The van der Waals surface area contributed by atoms with Crippen LogP contribution in [0.25, 0.3) is 0 Å². The van der Waals surface area contributed by atoms with Gasteiger partial charge in [0.05, 0.1) is 12.3 Å². The van der Waals surface area contributed by atoms with Crippen LogP contribution in [0.2, 0.25) is 5.02 Å². The lowest BCUT2D eigenvalue weighted by atomic mass is 10.0. The van der Waals surface area contributed by atoms with Gasteiger partial charge in [-0.25, -0.2) is 10.9 Å². The molecule has 24 heavy (non-hydrogen) atoms. The van der Waals surface area contributed by atoms with Gasteiger partial charge in [-0.3, -0.25) is 4.79 Å². The molecule has 0 aliphatic carbocycles. The third-order valence-corrected chi connectivity index (χ3v) is 4.29. The molecule has 1 heterocycles. The highest BCUT2D eigenvalue weighted by Gasteiger charge is 2.31. The lowest BCUT2D eigenvalue weighted by molar-refractivity contribution is -0.117. The molecule has 0 spiro atoms. The van der Waals surface area contributed by atoms with Gasteiger partial charge in [0.15, 0.2) is 0 Å². The van der Waals surface area contributed by atoms with Gasteiger partial charge in [-0.2, -0.15) is 0 Å². The molecule has 0 radical (unpaired) electrons. The van der Waals surface area contributed by atoms with Crippen LogP contribution in [0.3, 0.4) is 0 Å². The zero-order valence-corrected chi connectivity index (χ0v) is 14.1. The number of hydrazine groups is 1. The van der Waals surface area contributed by atoms with Crippen molar-refractivity contribution in [2.24, 2.45) is 0 Å². The SMILES string of the molecule is CCOc1ccccc1NC(=O)C1CC(c2ccccc2Cl)NN1. The van der Waals surface area contributed by atoms with Crippen molar-refractivity contribution in [2.75, 3.05) is 11.9 Å². The molecule has 126 valence electrons. The highest BCUT2D eigenvalue weighted by molar-refractivity contribution is 6.31. The molecule has 6 heteroatoms. The number of carbonyl (C=O) groups excluding carboxylic acids is 1. The van der Waals surface area contributed by atoms with Gasteiger partial charge in [-0.15, -0.1) is 0 Å². The van der Waals surface area contributed by atoms with Crippen molar-refractivity contribution in [2.45, 2.75) is 25.4 Å². The first-order valence-corrected chi connectivity index (χ1v) is 8.35. The van der Waals surface area contributed by atoms with Crippen LogP contribution in [0.1, 0.15) is 24.9 Å². The molecule has 1 aliphatic heterocycles. The van der Waals surface area contributed by atoms with Crippen molar-refractivity contribution in [3.05, 3.63) is 59.1 Å². The molecule has 3 N–H and O–H groups in total. The molecule has 1 fully saturated rings. The number of para-hydroxylation sites is 2. The van der Waals surface area contributed by atoms with Crippen LogP contribution in [0.5, 0.6) is 5.75 Å². The molecule has 2 aromatic carbocycles. The smallest absolute Gasteiger partial charge is 0.243 e. The van der Waals surface area contributed by atoms with E-state index in [0.717, 1.165) is 5.56 Å². The molecular formula is C18H20ClN3O2. The fourth-order valence-corrected chi connectivity index (χ4v) is 3.03. The molecule has 1 aliphatic rings. The minimum atomic E-state index is -0.346. The minimum absolute atomic E-state index is 0.00316. The number of rotatable bonds is 5. The van der Waals surface area contributed by atoms with E-state index >= 15 is 0 Å². The molecule has 2 aromatic rings. The average Bonchev–Trinajstić information content (AvgIpc) is 3.07. The van der Waals surface area contributed by atoms with E-state index < -0.39 is 0 Å². The van der Waals surface area contributed by atoms with E-state index in [-0.39, 0.29) is 18.0 Å². The second kappa shape index (κ2) is 7.66. The van der Waals surface area contributed by atoms with Crippen LogP contribution in [-0.2, 0) is 4.79 Å². The summed E-state index contributed by atoms with van der Waals surface area (Å²) in [6, 6.07) is 14.7. The summed E-state index contributed by atoms with van der Waals surface area (Å²) in [7, 11) is 0. The van der Waals surface area contributed by atoms with Crippen molar-refractivity contribution in [3.8, 4) is 5.75 Å². The largest absolute Gasteiger partial charge is 0.492 e. The van der Waals surface area contributed by atoms with Gasteiger partial charge in [0, 0.05) is 11.1 Å². The Labute approximate surface area is 146 Å². The third-order valence-electron chi connectivity index (χ3n) is 3.95. The molecule has 2 unspecified atom stereocenters. The van der Waals surface area contributed by atoms with Crippen molar-refractivity contribution in [3.63, 3.8) is 0 Å². The molecular weight excluding hydrogens is 326 g/mol. The van der Waals surface area contributed by atoms with Gasteiger partial charge in [0.2, 0.25) is 5.91 Å². The number of halogens is 1. The number of carbonyl (C=O) groups is 1. The molecule has 1 saturated heterocycles. The Balaban J connectivity index is 1.66. The van der Waals surface area contributed by atoms with Gasteiger partial charge in [-0.1, -0.05) is 41.9 Å². The maximum absolute atomic E-state index is 12.5. The van der Waals surface area contributed by atoms with Gasteiger partial charge < -0.3 is 10.1 Å². The fraction of sp³-hybridized carbons (Fsp3) is 0.278. The highest BCUT2D eigenvalue weighted by Crippen LogP contribution is 2.29. The van der Waals surface area contributed by atoms with E-state index in [2.05, 4.69) is 16.2 Å².